The molecule has 2 aromatic carbocycles. The van der Waals surface area contributed by atoms with Crippen LogP contribution in [0.2, 0.25) is 0 Å². The Morgan fingerprint density at radius 2 is 1.71 bits per heavy atom. The fraction of sp³-hybridized carbons (Fsp3) is 0.240. The van der Waals surface area contributed by atoms with Crippen molar-refractivity contribution < 1.29 is 9.59 Å². The predicted molar refractivity (Wildman–Crippen MR) is 118 cm³/mol. The molecule has 0 N–H and O–H groups in total. The zero-order valence-corrected chi connectivity index (χ0v) is 17.6. The van der Waals surface area contributed by atoms with Gasteiger partial charge < -0.3 is 0 Å². The summed E-state index contributed by atoms with van der Waals surface area (Å²) in [5.74, 6) is -0.143. The number of rotatable bonds is 2. The predicted octanol–water partition coefficient (Wildman–Crippen LogP) is 5.07. The molecule has 0 saturated carbocycles. The molecule has 0 spiro atoms. The SMILES string of the molecule is CC(=O)c1ccc2c(c1)C(=O)C1C=CC=CC1=[SH+]2c1ccc(C(C)(C)C)cc1. The maximum Gasteiger partial charge on any atom is 0.183 e. The first-order valence-corrected chi connectivity index (χ1v) is 10.9. The first-order chi connectivity index (χ1) is 13.3. The molecular weight excluding hydrogens is 364 g/mol. The maximum absolute atomic E-state index is 13.2. The van der Waals surface area contributed by atoms with Crippen molar-refractivity contribution in [3.8, 4) is 0 Å². The Labute approximate surface area is 168 Å². The number of fused-ring (bicyclic) bond motifs is 2. The molecule has 2 unspecified atom stereocenters. The molecule has 3 heteroatoms. The molecule has 2 aromatic rings. The molecule has 1 heterocycles. The molecule has 0 fully saturated rings. The molecule has 0 bridgehead atoms. The monoisotopic (exact) mass is 389 g/mol. The average Bonchev–Trinajstić information content (AvgIpc) is 2.67. The third kappa shape index (κ3) is 3.14. The van der Waals surface area contributed by atoms with Gasteiger partial charge in [0.15, 0.2) is 11.6 Å². The third-order valence-corrected chi connectivity index (χ3v) is 8.07. The summed E-state index contributed by atoms with van der Waals surface area (Å²) in [6.07, 6.45) is 8.06. The van der Waals surface area contributed by atoms with Crippen LogP contribution in [-0.2, 0) is 15.9 Å². The highest BCUT2D eigenvalue weighted by Gasteiger charge is 2.38. The second-order valence-corrected chi connectivity index (χ2v) is 10.6. The molecule has 28 heavy (non-hydrogen) atoms. The van der Waals surface area contributed by atoms with Gasteiger partial charge in [-0.1, -0.05) is 61.6 Å². The van der Waals surface area contributed by atoms with E-state index in [1.807, 2.05) is 30.4 Å². The van der Waals surface area contributed by atoms with E-state index in [0.717, 1.165) is 4.90 Å². The summed E-state index contributed by atoms with van der Waals surface area (Å²) in [7, 11) is -0.800. The second-order valence-electron chi connectivity index (χ2n) is 8.43. The molecule has 2 aliphatic rings. The van der Waals surface area contributed by atoms with Crippen molar-refractivity contribution >= 4 is 26.9 Å². The lowest BCUT2D eigenvalue weighted by molar-refractivity contribution is 0.0969. The fourth-order valence-electron chi connectivity index (χ4n) is 3.82. The Bertz CT molecular complexity index is 1080. The van der Waals surface area contributed by atoms with E-state index in [0.29, 0.717) is 11.1 Å². The van der Waals surface area contributed by atoms with Gasteiger partial charge in [-0.25, -0.2) is 0 Å². The topological polar surface area (TPSA) is 34.1 Å². The van der Waals surface area contributed by atoms with Crippen molar-refractivity contribution in [2.45, 2.75) is 42.9 Å². The number of Topliss-reactive ketones (excluding diaryl/α,β-unsaturated/α-hetero) is 2. The summed E-state index contributed by atoms with van der Waals surface area (Å²) in [6.45, 7) is 8.18. The zero-order valence-electron chi connectivity index (χ0n) is 16.7. The van der Waals surface area contributed by atoms with Gasteiger partial charge in [-0.05, 0) is 54.3 Å². The number of ketones is 2. The molecule has 4 rings (SSSR count). The van der Waals surface area contributed by atoms with Gasteiger partial charge in [-0.2, -0.15) is 0 Å². The zero-order chi connectivity index (χ0) is 20.1. The smallest absolute Gasteiger partial charge is 0.183 e. The normalized spacial score (nSPS) is 20.7. The Morgan fingerprint density at radius 3 is 2.36 bits per heavy atom. The van der Waals surface area contributed by atoms with Gasteiger partial charge in [0.2, 0.25) is 0 Å². The Morgan fingerprint density at radius 1 is 1.00 bits per heavy atom. The number of hydrogen-bond acceptors (Lipinski definition) is 2. The van der Waals surface area contributed by atoms with Gasteiger partial charge in [0, 0.05) is 5.56 Å². The van der Waals surface area contributed by atoms with Crippen LogP contribution >= 0.6 is 0 Å². The largest absolute Gasteiger partial charge is 0.295 e. The van der Waals surface area contributed by atoms with Gasteiger partial charge in [-0.15, -0.1) is 0 Å². The minimum atomic E-state index is -0.800. The van der Waals surface area contributed by atoms with Crippen molar-refractivity contribution in [2.24, 2.45) is 5.92 Å². The molecule has 0 radical (unpaired) electrons. The fourth-order valence-corrected chi connectivity index (χ4v) is 6.48. The highest BCUT2D eigenvalue weighted by molar-refractivity contribution is 7.97. The Kier molecular flexibility index (Phi) is 4.59. The van der Waals surface area contributed by atoms with Gasteiger partial charge in [0.25, 0.3) is 0 Å². The maximum atomic E-state index is 13.2. The van der Waals surface area contributed by atoms with Crippen LogP contribution in [0.15, 0.2) is 76.6 Å². The van der Waals surface area contributed by atoms with E-state index >= 15 is 0 Å². The molecule has 1 aliphatic heterocycles. The van der Waals surface area contributed by atoms with Crippen LogP contribution in [-0.4, -0.2) is 16.4 Å². The minimum absolute atomic E-state index is 0.0108. The highest BCUT2D eigenvalue weighted by atomic mass is 32.2. The van der Waals surface area contributed by atoms with E-state index < -0.39 is 10.5 Å². The van der Waals surface area contributed by atoms with Crippen molar-refractivity contribution in [3.63, 3.8) is 0 Å². The summed E-state index contributed by atoms with van der Waals surface area (Å²) < 4.78 is 0. The van der Waals surface area contributed by atoms with Gasteiger partial charge >= 0.3 is 0 Å². The first-order valence-electron chi connectivity index (χ1n) is 9.59. The van der Waals surface area contributed by atoms with E-state index in [1.54, 1.807) is 13.0 Å². The van der Waals surface area contributed by atoms with Crippen molar-refractivity contribution in [3.05, 3.63) is 83.5 Å². The van der Waals surface area contributed by atoms with Crippen LogP contribution in [0.25, 0.3) is 0 Å². The Hall–Kier alpha value is -2.52. The number of thiol groups is 1. The van der Waals surface area contributed by atoms with Gasteiger partial charge in [-0.3, -0.25) is 9.59 Å². The molecule has 2 atom stereocenters. The average molecular weight is 390 g/mol. The van der Waals surface area contributed by atoms with E-state index in [9.17, 15) is 9.59 Å². The highest BCUT2D eigenvalue weighted by Crippen LogP contribution is 2.34. The summed E-state index contributed by atoms with van der Waals surface area (Å²) in [6, 6.07) is 14.5. The number of carbonyl (C=O) groups is 2. The lowest BCUT2D eigenvalue weighted by atomic mass is 9.87. The van der Waals surface area contributed by atoms with Crippen LogP contribution in [0.4, 0.5) is 0 Å². The van der Waals surface area contributed by atoms with Crippen LogP contribution in [0.5, 0.6) is 0 Å². The molecule has 1 aliphatic carbocycles. The van der Waals surface area contributed by atoms with Crippen molar-refractivity contribution in [1.29, 1.82) is 0 Å². The summed E-state index contributed by atoms with van der Waals surface area (Å²) >= 11 is 0. The molecule has 142 valence electrons. The van der Waals surface area contributed by atoms with Gasteiger partial charge in [0.1, 0.15) is 20.6 Å². The van der Waals surface area contributed by atoms with Crippen LogP contribution in [0.3, 0.4) is 0 Å². The molecular formula is C25H25O2S+. The summed E-state index contributed by atoms with van der Waals surface area (Å²) in [5, 5.41) is 0. The second kappa shape index (κ2) is 6.82. The van der Waals surface area contributed by atoms with Crippen molar-refractivity contribution in [2.75, 3.05) is 0 Å². The lowest BCUT2D eigenvalue weighted by Gasteiger charge is -2.24. The number of hydrogen-bond donors (Lipinski definition) is 0. The first kappa shape index (κ1) is 18.8. The van der Waals surface area contributed by atoms with Crippen LogP contribution in [0, 0.1) is 5.92 Å². The van der Waals surface area contributed by atoms with Crippen molar-refractivity contribution in [1.82, 2.24) is 0 Å². The third-order valence-electron chi connectivity index (χ3n) is 5.44. The van der Waals surface area contributed by atoms with E-state index in [-0.39, 0.29) is 22.9 Å². The summed E-state index contributed by atoms with van der Waals surface area (Å²) in [4.78, 5) is 28.5. The number of allylic oxidation sites excluding steroid dienone is 4. The minimum Gasteiger partial charge on any atom is -0.295 e. The number of benzene rings is 2. The molecule has 0 amide bonds. The molecule has 2 nitrogen and oxygen atoms in total. The van der Waals surface area contributed by atoms with Crippen LogP contribution in [0.1, 0.15) is 54.0 Å². The van der Waals surface area contributed by atoms with E-state index in [4.69, 9.17) is 0 Å². The number of carbonyl (C=O) groups excluding carboxylic acids is 2. The quantitative estimate of drug-likeness (QED) is 0.311. The Balaban J connectivity index is 1.94. The summed E-state index contributed by atoms with van der Waals surface area (Å²) in [5.41, 5.74) is 2.70. The van der Waals surface area contributed by atoms with Gasteiger partial charge in [0.05, 0.1) is 5.56 Å². The lowest BCUT2D eigenvalue weighted by Crippen LogP contribution is -2.32. The van der Waals surface area contributed by atoms with E-state index in [2.05, 4.69) is 51.1 Å². The van der Waals surface area contributed by atoms with E-state index in [1.165, 1.54) is 15.3 Å². The van der Waals surface area contributed by atoms with Crippen LogP contribution < -0.4 is 0 Å². The standard InChI is InChI=1S/C25H24O2S/c1-16(26)17-9-14-23-21(15-17)24(27)20-7-5-6-8-22(20)28(23)19-12-10-18(11-13-19)25(2,3)4/h5-15,20H,1-4H3/p+1. The molecule has 0 aromatic heterocycles. The molecule has 0 saturated heterocycles.